The Hall–Kier alpha value is -2.18. The van der Waals surface area contributed by atoms with Crippen LogP contribution in [0.5, 0.6) is 0 Å². The molecule has 1 aromatic carbocycles. The highest BCUT2D eigenvalue weighted by molar-refractivity contribution is 6.31. The van der Waals surface area contributed by atoms with Gasteiger partial charge in [0, 0.05) is 39.3 Å². The first kappa shape index (κ1) is 21.5. The molecule has 0 saturated carbocycles. The van der Waals surface area contributed by atoms with Gasteiger partial charge in [-0.2, -0.15) is 0 Å². The van der Waals surface area contributed by atoms with Gasteiger partial charge in [0.25, 0.3) is 5.91 Å². The molecule has 1 aromatic heterocycles. The number of aromatic nitrogens is 1. The minimum Gasteiger partial charge on any atom is -0.363 e. The molecule has 29 heavy (non-hydrogen) atoms. The summed E-state index contributed by atoms with van der Waals surface area (Å²) in [6, 6.07) is 8.31. The van der Waals surface area contributed by atoms with Crippen molar-refractivity contribution >= 4 is 23.3 Å². The van der Waals surface area contributed by atoms with Crippen molar-refractivity contribution in [1.82, 2.24) is 15.2 Å². The Kier molecular flexibility index (Phi) is 7.09. The Labute approximate surface area is 176 Å². The highest BCUT2D eigenvalue weighted by Gasteiger charge is 2.24. The van der Waals surface area contributed by atoms with Crippen molar-refractivity contribution in [3.05, 3.63) is 58.0 Å². The van der Waals surface area contributed by atoms with Crippen molar-refractivity contribution in [2.45, 2.75) is 26.3 Å². The average molecular weight is 419 g/mol. The molecule has 1 amide bonds. The molecule has 1 fully saturated rings. The standard InChI is InChI=1S/C22H28ClFN4O/c1-15-4-6-18(26-21(15)27(2)3)14-25-13-16-8-10-28(11-9-16)22(29)17-5-7-20(24)19(23)12-17/h4-7,12,16,25H,8-11,13-14H2,1-3H3. The van der Waals surface area contributed by atoms with Gasteiger partial charge in [-0.15, -0.1) is 0 Å². The Morgan fingerprint density at radius 1 is 1.28 bits per heavy atom. The van der Waals surface area contributed by atoms with Gasteiger partial charge in [0.1, 0.15) is 11.6 Å². The molecule has 156 valence electrons. The third kappa shape index (κ3) is 5.46. The van der Waals surface area contributed by atoms with Crippen molar-refractivity contribution < 1.29 is 9.18 Å². The fraction of sp³-hybridized carbons (Fsp3) is 0.455. The molecule has 3 rings (SSSR count). The summed E-state index contributed by atoms with van der Waals surface area (Å²) in [7, 11) is 4.00. The molecule has 0 atom stereocenters. The van der Waals surface area contributed by atoms with Crippen molar-refractivity contribution in [2.75, 3.05) is 38.6 Å². The summed E-state index contributed by atoms with van der Waals surface area (Å²) < 4.78 is 13.3. The number of nitrogens with zero attached hydrogens (tertiary/aromatic N) is 3. The summed E-state index contributed by atoms with van der Waals surface area (Å²) in [6.07, 6.45) is 1.88. The maximum atomic E-state index is 13.3. The Bertz CT molecular complexity index is 866. The molecular formula is C22H28ClFN4O. The van der Waals surface area contributed by atoms with E-state index >= 15 is 0 Å². The largest absolute Gasteiger partial charge is 0.363 e. The fourth-order valence-corrected chi connectivity index (χ4v) is 3.85. The number of hydrogen-bond acceptors (Lipinski definition) is 4. The van der Waals surface area contributed by atoms with E-state index in [0.29, 0.717) is 24.6 Å². The lowest BCUT2D eigenvalue weighted by molar-refractivity contribution is 0.0690. The summed E-state index contributed by atoms with van der Waals surface area (Å²) >= 11 is 5.80. The van der Waals surface area contributed by atoms with Crippen LogP contribution in [0, 0.1) is 18.7 Å². The Balaban J connectivity index is 1.46. The van der Waals surface area contributed by atoms with Crippen LogP contribution in [0.1, 0.15) is 34.5 Å². The third-order valence-electron chi connectivity index (χ3n) is 5.36. The molecule has 0 radical (unpaired) electrons. The normalized spacial score (nSPS) is 14.9. The van der Waals surface area contributed by atoms with Gasteiger partial charge in [0.15, 0.2) is 0 Å². The first-order chi connectivity index (χ1) is 13.8. The molecule has 0 spiro atoms. The second-order valence-electron chi connectivity index (χ2n) is 7.83. The summed E-state index contributed by atoms with van der Waals surface area (Å²) in [5.41, 5.74) is 2.63. The van der Waals surface area contributed by atoms with E-state index in [1.165, 1.54) is 23.8 Å². The summed E-state index contributed by atoms with van der Waals surface area (Å²) in [5, 5.41) is 3.49. The van der Waals surface area contributed by atoms with Gasteiger partial charge in [0.2, 0.25) is 0 Å². The number of carbonyl (C=O) groups excluding carboxylic acids is 1. The van der Waals surface area contributed by atoms with Crippen molar-refractivity contribution in [3.63, 3.8) is 0 Å². The monoisotopic (exact) mass is 418 g/mol. The molecule has 1 N–H and O–H groups in total. The maximum Gasteiger partial charge on any atom is 0.253 e. The molecule has 5 nitrogen and oxygen atoms in total. The van der Waals surface area contributed by atoms with E-state index in [-0.39, 0.29) is 10.9 Å². The summed E-state index contributed by atoms with van der Waals surface area (Å²) in [5.74, 6) is 0.929. The molecule has 7 heteroatoms. The third-order valence-corrected chi connectivity index (χ3v) is 5.65. The number of rotatable bonds is 6. The van der Waals surface area contributed by atoms with Crippen LogP contribution in [0.15, 0.2) is 30.3 Å². The summed E-state index contributed by atoms with van der Waals surface area (Å²) in [4.78, 5) is 21.2. The van der Waals surface area contributed by atoms with Crippen LogP contribution in [-0.4, -0.2) is 49.5 Å². The number of amides is 1. The molecule has 2 heterocycles. The highest BCUT2D eigenvalue weighted by Crippen LogP contribution is 2.21. The van der Waals surface area contributed by atoms with E-state index in [1.54, 1.807) is 0 Å². The van der Waals surface area contributed by atoms with Gasteiger partial charge in [-0.05, 0) is 62.1 Å². The molecule has 0 bridgehead atoms. The predicted molar refractivity (Wildman–Crippen MR) is 115 cm³/mol. The van der Waals surface area contributed by atoms with Crippen LogP contribution in [0.4, 0.5) is 10.2 Å². The van der Waals surface area contributed by atoms with E-state index in [4.69, 9.17) is 16.6 Å². The van der Waals surface area contributed by atoms with Crippen molar-refractivity contribution in [3.8, 4) is 0 Å². The number of hydrogen-bond donors (Lipinski definition) is 1. The number of likely N-dealkylation sites (tertiary alicyclic amines) is 1. The smallest absolute Gasteiger partial charge is 0.253 e. The average Bonchev–Trinajstić information content (AvgIpc) is 2.71. The Morgan fingerprint density at radius 2 is 2.00 bits per heavy atom. The minimum absolute atomic E-state index is 0.0166. The van der Waals surface area contributed by atoms with Gasteiger partial charge < -0.3 is 15.1 Å². The zero-order valence-electron chi connectivity index (χ0n) is 17.2. The number of piperidine rings is 1. The number of aryl methyl sites for hydroxylation is 1. The van der Waals surface area contributed by atoms with E-state index in [1.807, 2.05) is 23.9 Å². The van der Waals surface area contributed by atoms with Crippen molar-refractivity contribution in [1.29, 1.82) is 0 Å². The lowest BCUT2D eigenvalue weighted by Gasteiger charge is -2.32. The topological polar surface area (TPSA) is 48.5 Å². The second-order valence-corrected chi connectivity index (χ2v) is 8.24. The number of carbonyl (C=O) groups is 1. The number of nitrogens with one attached hydrogen (secondary N) is 1. The number of pyridine rings is 1. The van der Waals surface area contributed by atoms with Crippen LogP contribution < -0.4 is 10.2 Å². The van der Waals surface area contributed by atoms with E-state index in [0.717, 1.165) is 37.4 Å². The van der Waals surface area contributed by atoms with E-state index in [9.17, 15) is 9.18 Å². The van der Waals surface area contributed by atoms with Gasteiger partial charge in [-0.25, -0.2) is 9.37 Å². The first-order valence-corrected chi connectivity index (χ1v) is 10.3. The molecule has 2 aromatic rings. The fourth-order valence-electron chi connectivity index (χ4n) is 3.66. The lowest BCUT2D eigenvalue weighted by atomic mass is 9.96. The predicted octanol–water partition coefficient (Wildman–Crippen LogP) is 3.89. The molecule has 0 unspecified atom stereocenters. The second kappa shape index (κ2) is 9.55. The van der Waals surface area contributed by atoms with Gasteiger partial charge in [-0.3, -0.25) is 4.79 Å². The number of benzene rings is 1. The first-order valence-electron chi connectivity index (χ1n) is 9.94. The van der Waals surface area contributed by atoms with Crippen LogP contribution in [-0.2, 0) is 6.54 Å². The van der Waals surface area contributed by atoms with Crippen molar-refractivity contribution in [2.24, 2.45) is 5.92 Å². The number of halogens is 2. The molecule has 0 aliphatic carbocycles. The van der Waals surface area contributed by atoms with E-state index in [2.05, 4.69) is 24.4 Å². The van der Waals surface area contributed by atoms with E-state index < -0.39 is 5.82 Å². The van der Waals surface area contributed by atoms with Gasteiger partial charge in [-0.1, -0.05) is 17.7 Å². The van der Waals surface area contributed by atoms with Crippen LogP contribution >= 0.6 is 11.6 Å². The van der Waals surface area contributed by atoms with Gasteiger partial charge in [0.05, 0.1) is 10.7 Å². The van der Waals surface area contributed by atoms with Crippen LogP contribution in [0.3, 0.4) is 0 Å². The number of anilines is 1. The zero-order valence-corrected chi connectivity index (χ0v) is 18.0. The summed E-state index contributed by atoms with van der Waals surface area (Å²) in [6.45, 7) is 5.10. The molecular weight excluding hydrogens is 391 g/mol. The Morgan fingerprint density at radius 3 is 2.66 bits per heavy atom. The lowest BCUT2D eigenvalue weighted by Crippen LogP contribution is -2.40. The van der Waals surface area contributed by atoms with Crippen LogP contribution in [0.25, 0.3) is 0 Å². The molecule has 1 aliphatic rings. The highest BCUT2D eigenvalue weighted by atomic mass is 35.5. The maximum absolute atomic E-state index is 13.3. The van der Waals surface area contributed by atoms with Crippen LogP contribution in [0.2, 0.25) is 5.02 Å². The SMILES string of the molecule is Cc1ccc(CNCC2CCN(C(=O)c3ccc(F)c(Cl)c3)CC2)nc1N(C)C. The molecule has 1 aliphatic heterocycles. The minimum atomic E-state index is -0.506. The molecule has 1 saturated heterocycles. The zero-order chi connectivity index (χ0) is 21.0. The van der Waals surface area contributed by atoms with Gasteiger partial charge >= 0.3 is 0 Å². The quantitative estimate of drug-likeness (QED) is 0.773.